The van der Waals surface area contributed by atoms with Crippen LogP contribution in [0.3, 0.4) is 0 Å². The summed E-state index contributed by atoms with van der Waals surface area (Å²) in [5, 5.41) is 22.9. The number of hydrogen-bond acceptors (Lipinski definition) is 16. The predicted octanol–water partition coefficient (Wildman–Crippen LogP) is 26.0. The molecule has 0 saturated carbocycles. The second-order valence-electron chi connectivity index (χ2n) is 39.5. The highest BCUT2D eigenvalue weighted by Gasteiger charge is 2.42. The highest BCUT2D eigenvalue weighted by atomic mass is 28.4. The molecular weight excluding hydrogens is 1490 g/mol. The van der Waals surface area contributed by atoms with Gasteiger partial charge in [0.15, 0.2) is 16.6 Å². The fourth-order valence-electron chi connectivity index (χ4n) is 16.2. The van der Waals surface area contributed by atoms with Gasteiger partial charge in [-0.05, 0) is 153 Å². The molecule has 1 aliphatic rings. The number of unbranched alkanes of at least 4 members (excludes halogenated alkanes) is 37. The maximum Gasteiger partial charge on any atom is 0.306 e. The summed E-state index contributed by atoms with van der Waals surface area (Å²) in [4.78, 5) is 62.3. The number of esters is 4. The van der Waals surface area contributed by atoms with Gasteiger partial charge in [0.05, 0.1) is 31.0 Å². The van der Waals surface area contributed by atoms with E-state index in [1.54, 1.807) is 0 Å². The minimum absolute atomic E-state index is 0.0157. The van der Waals surface area contributed by atoms with Gasteiger partial charge in [-0.2, -0.15) is 0 Å². The maximum atomic E-state index is 13.7. The second-order valence-corrected chi connectivity index (χ2v) is 49.0. The summed E-state index contributed by atoms with van der Waals surface area (Å²) in [6.45, 7) is 47.9. The SMILES string of the molecule is CCCCCCCCCCCOC(=O)CCCC(O)CN(CCCCCCC(=O)OCCN1CC(C)N(CCOC(=O)CCCN(CC(CCCCCCCCCC)O[Si](C)(C)C(C)(C)C)CC(CCCCCCCCCC)O[Si](C)(C)C(C)(C)C)CC1C)CC(O)CCCCCC(=O)OC(CCCCCCCC)CCCCCCCC. The number of ether oxygens (including phenoxy) is 4. The minimum atomic E-state index is -2.08. The lowest BCUT2D eigenvalue weighted by Gasteiger charge is -2.44. The van der Waals surface area contributed by atoms with Crippen molar-refractivity contribution in [1.29, 1.82) is 0 Å². The molecule has 0 spiro atoms. The van der Waals surface area contributed by atoms with E-state index in [9.17, 15) is 29.4 Å². The number of carbonyl (C=O) groups excluding carboxylic acids is 4. The molecule has 0 aromatic rings. The quantitative estimate of drug-likeness (QED) is 0.0254. The zero-order valence-electron chi connectivity index (χ0n) is 80.6. The standard InChI is InChI=1S/C99H198N4O12Si2/c1-18-23-28-33-38-41-44-51-61-78-110-95(107)72-62-65-90(105)84-100(83-89(104)64-53-52-59-71-97(109)113-91(66-54-45-36-31-26-21-4)67-55-46-37-32-27-22-5)74-60-50-49-58-70-94(106)111-79-76-102-81-88(7)103(82-87(102)6)77-80-112-96(108)73-63-75-101(85-92(114-116(14,15)98(8,9)10)68-56-47-42-39-34-29-24-19-2)86-93(115-117(16,17)99(11,12)13)69-57-48-43-40-35-30-25-20-3/h87-93,104-105H,18-86H2,1-17H3. The van der Waals surface area contributed by atoms with E-state index < -0.39 is 28.8 Å². The van der Waals surface area contributed by atoms with Gasteiger partial charge in [-0.25, -0.2) is 0 Å². The van der Waals surface area contributed by atoms with Crippen LogP contribution < -0.4 is 0 Å². The first-order valence-corrected chi connectivity index (χ1v) is 56.1. The summed E-state index contributed by atoms with van der Waals surface area (Å²) < 4.78 is 38.4. The van der Waals surface area contributed by atoms with Crippen LogP contribution in [0, 0.1) is 0 Å². The highest BCUT2D eigenvalue weighted by molar-refractivity contribution is 6.74. The third kappa shape index (κ3) is 62.7. The Morgan fingerprint density at radius 3 is 0.991 bits per heavy atom. The monoisotopic (exact) mass is 1690 g/mol. The van der Waals surface area contributed by atoms with Crippen molar-refractivity contribution in [3.05, 3.63) is 0 Å². The van der Waals surface area contributed by atoms with Gasteiger partial charge in [-0.1, -0.05) is 320 Å². The molecule has 1 rings (SSSR count). The molecule has 6 unspecified atom stereocenters. The molecule has 2 N–H and O–H groups in total. The first kappa shape index (κ1) is 113. The van der Waals surface area contributed by atoms with Gasteiger partial charge < -0.3 is 38.0 Å². The molecule has 117 heavy (non-hydrogen) atoms. The van der Waals surface area contributed by atoms with Gasteiger partial charge in [0.25, 0.3) is 0 Å². The Balaban J connectivity index is 2.88. The fraction of sp³-hybridized carbons (Fsp3) is 0.960. The molecule has 16 nitrogen and oxygen atoms in total. The van der Waals surface area contributed by atoms with Crippen molar-refractivity contribution in [3.8, 4) is 0 Å². The van der Waals surface area contributed by atoms with Crippen LogP contribution >= 0.6 is 0 Å². The summed E-state index contributed by atoms with van der Waals surface area (Å²) in [5.74, 6) is -0.575. The molecule has 1 saturated heterocycles. The molecule has 1 fully saturated rings. The Morgan fingerprint density at radius 1 is 0.333 bits per heavy atom. The van der Waals surface area contributed by atoms with Gasteiger partial charge in [0, 0.05) is 90.1 Å². The van der Waals surface area contributed by atoms with Crippen LogP contribution in [-0.4, -0.2) is 198 Å². The molecule has 0 aliphatic carbocycles. The van der Waals surface area contributed by atoms with E-state index in [2.05, 4.69) is 136 Å². The number of nitrogens with zero attached hydrogens (tertiary/aromatic N) is 4. The zero-order valence-corrected chi connectivity index (χ0v) is 82.6. The smallest absolute Gasteiger partial charge is 0.306 e. The van der Waals surface area contributed by atoms with E-state index >= 15 is 0 Å². The molecule has 0 radical (unpaired) electrons. The van der Waals surface area contributed by atoms with E-state index in [0.717, 1.165) is 135 Å². The number of piperazine rings is 1. The van der Waals surface area contributed by atoms with Crippen LogP contribution in [-0.2, 0) is 47.0 Å². The lowest BCUT2D eigenvalue weighted by molar-refractivity contribution is -0.150. The Kier molecular flexibility index (Phi) is 69.7. The fourth-order valence-corrected chi connectivity index (χ4v) is 19.0. The molecule has 0 aromatic carbocycles. The largest absolute Gasteiger partial charge is 0.466 e. The van der Waals surface area contributed by atoms with Crippen molar-refractivity contribution in [3.63, 3.8) is 0 Å². The number of carbonyl (C=O) groups is 4. The Hall–Kier alpha value is -2.01. The van der Waals surface area contributed by atoms with Crippen molar-refractivity contribution in [2.75, 3.05) is 85.3 Å². The predicted molar refractivity (Wildman–Crippen MR) is 501 cm³/mol. The average molecular weight is 1690 g/mol. The topological polar surface area (TPSA) is 177 Å². The van der Waals surface area contributed by atoms with Crippen LogP contribution in [0.2, 0.25) is 36.3 Å². The lowest BCUT2D eigenvalue weighted by atomic mass is 10.0. The molecule has 1 aliphatic heterocycles. The van der Waals surface area contributed by atoms with Crippen molar-refractivity contribution in [1.82, 2.24) is 19.6 Å². The summed E-state index contributed by atoms with van der Waals surface area (Å²) in [5.41, 5.74) is 0. The molecule has 0 bridgehead atoms. The Labute approximate surface area is 726 Å². The molecular formula is C99H198N4O12Si2. The van der Waals surface area contributed by atoms with E-state index in [1.165, 1.54) is 212 Å². The lowest BCUT2D eigenvalue weighted by Crippen LogP contribution is -2.57. The van der Waals surface area contributed by atoms with E-state index in [4.69, 9.17) is 27.8 Å². The number of rotatable bonds is 82. The number of aliphatic hydroxyl groups excluding tert-OH is 2. The summed E-state index contributed by atoms with van der Waals surface area (Å²) in [6, 6.07) is 0.511. The zero-order chi connectivity index (χ0) is 86.7. The molecule has 1 heterocycles. The van der Waals surface area contributed by atoms with Gasteiger partial charge in [-0.3, -0.25) is 38.8 Å². The van der Waals surface area contributed by atoms with Gasteiger partial charge in [-0.15, -0.1) is 0 Å². The molecule has 18 heteroatoms. The molecule has 6 atom stereocenters. The highest BCUT2D eigenvalue weighted by Crippen LogP contribution is 2.40. The normalized spacial score (nSPS) is 15.9. The van der Waals surface area contributed by atoms with Crippen molar-refractivity contribution < 1.29 is 57.2 Å². The number of hydrogen-bond donors (Lipinski definition) is 2. The Morgan fingerprint density at radius 2 is 0.607 bits per heavy atom. The number of aliphatic hydroxyl groups is 2. The first-order chi connectivity index (χ1) is 56.0. The van der Waals surface area contributed by atoms with Crippen LogP contribution in [0.25, 0.3) is 0 Å². The molecule has 694 valence electrons. The van der Waals surface area contributed by atoms with Crippen LogP contribution in [0.1, 0.15) is 450 Å². The first-order valence-electron chi connectivity index (χ1n) is 50.3. The van der Waals surface area contributed by atoms with Crippen LogP contribution in [0.5, 0.6) is 0 Å². The summed E-state index contributed by atoms with van der Waals surface area (Å²) >= 11 is 0. The van der Waals surface area contributed by atoms with Gasteiger partial charge >= 0.3 is 23.9 Å². The Bertz CT molecular complexity index is 2250. The van der Waals surface area contributed by atoms with Gasteiger partial charge in [0.1, 0.15) is 19.3 Å². The van der Waals surface area contributed by atoms with Gasteiger partial charge in [0.2, 0.25) is 0 Å². The minimum Gasteiger partial charge on any atom is -0.466 e. The van der Waals surface area contributed by atoms with Crippen molar-refractivity contribution >= 4 is 40.5 Å². The van der Waals surface area contributed by atoms with E-state index in [-0.39, 0.29) is 70.8 Å². The maximum absolute atomic E-state index is 13.7. The van der Waals surface area contributed by atoms with Crippen molar-refractivity contribution in [2.45, 2.75) is 528 Å². The molecule has 0 aromatic heterocycles. The third-order valence-corrected chi connectivity index (χ3v) is 35.1. The van der Waals surface area contributed by atoms with E-state index in [1.807, 2.05) is 0 Å². The summed E-state index contributed by atoms with van der Waals surface area (Å²) in [6.07, 6.45) is 59.2. The molecule has 0 amide bonds. The van der Waals surface area contributed by atoms with E-state index in [0.29, 0.717) is 91.1 Å². The third-order valence-electron chi connectivity index (χ3n) is 26.0. The van der Waals surface area contributed by atoms with Crippen LogP contribution in [0.4, 0.5) is 0 Å². The van der Waals surface area contributed by atoms with Crippen LogP contribution in [0.15, 0.2) is 0 Å². The van der Waals surface area contributed by atoms with Crippen molar-refractivity contribution in [2.24, 2.45) is 0 Å². The second kappa shape index (κ2) is 72.2. The summed E-state index contributed by atoms with van der Waals surface area (Å²) in [7, 11) is -4.17. The average Bonchev–Trinajstić information content (AvgIpc) is 0.801.